The van der Waals surface area contributed by atoms with Crippen LogP contribution in [0.25, 0.3) is 0 Å². The van der Waals surface area contributed by atoms with Crippen molar-refractivity contribution in [2.45, 2.75) is 0 Å². The fourth-order valence-electron chi connectivity index (χ4n) is 0. The maximum absolute atomic E-state index is 0. The normalized spacial score (nSPS) is 0. The van der Waals surface area contributed by atoms with Gasteiger partial charge >= 0.3 is 48.9 Å². The van der Waals surface area contributed by atoms with Gasteiger partial charge < -0.3 is 20.4 Å². The van der Waals surface area contributed by atoms with Crippen LogP contribution >= 0.6 is 0 Å². The van der Waals surface area contributed by atoms with Crippen molar-refractivity contribution in [3.63, 3.8) is 0 Å². The van der Waals surface area contributed by atoms with Crippen molar-refractivity contribution < 1.29 is 20.4 Å². The van der Waals surface area contributed by atoms with Crippen LogP contribution in [0.2, 0.25) is 0 Å². The van der Waals surface area contributed by atoms with Crippen LogP contribution < -0.4 is 9.41 Å². The molecular weight excluding hydrogens is 207 g/mol. The molecule has 0 rings (SSSR count). The predicted molar refractivity (Wildman–Crippen MR) is 13.0 cm³/mol. The van der Waals surface area contributed by atoms with Crippen LogP contribution in [0.5, 0.6) is 0 Å². The molecule has 0 bridgehead atoms. The summed E-state index contributed by atoms with van der Waals surface area (Å²) in [5.41, 5.74) is 0. The zero-order valence-electron chi connectivity index (χ0n) is 2.46. The van der Waals surface area contributed by atoms with Crippen molar-refractivity contribution in [3.8, 4) is 0 Å². The third-order valence-corrected chi connectivity index (χ3v) is 0. The fourth-order valence-corrected chi connectivity index (χ4v) is 0. The number of hydrogen-bond acceptors (Lipinski definition) is 0. The Balaban J connectivity index is 0. The Morgan fingerprint density at radius 1 is 0.600 bits per heavy atom. The monoisotopic (exact) mass is 212 g/mol. The van der Waals surface area contributed by atoms with E-state index >= 15 is 0 Å². The molecule has 0 aliphatic heterocycles. The van der Waals surface area contributed by atoms with E-state index in [-0.39, 0.29) is 69.2 Å². The van der Waals surface area contributed by atoms with Gasteiger partial charge in [0.15, 0.2) is 0 Å². The van der Waals surface area contributed by atoms with E-state index in [0.717, 1.165) is 0 Å². The summed E-state index contributed by atoms with van der Waals surface area (Å²) in [7, 11) is 0. The first-order valence-corrected chi connectivity index (χ1v) is 0. The second-order valence-electron chi connectivity index (χ2n) is 0. The van der Waals surface area contributed by atoms with Crippen molar-refractivity contribution in [1.82, 2.24) is 0 Å². The van der Waals surface area contributed by atoms with E-state index in [4.69, 9.17) is 0 Å². The maximum atomic E-state index is 0. The van der Waals surface area contributed by atoms with Crippen LogP contribution in [0, 0.1) is 0 Å². The van der Waals surface area contributed by atoms with Crippen LogP contribution in [0.1, 0.15) is 0 Å². The molecule has 0 radical (unpaired) electrons. The molecule has 0 aliphatic rings. The standard InChI is InChI=1S/Ba.2FH.2H2O/h;2*1H;2*1H2/q+2;;;;/p-2. The van der Waals surface area contributed by atoms with Gasteiger partial charge in [0.1, 0.15) is 0 Å². The first kappa shape index (κ1) is 99.6. The number of rotatable bonds is 0. The summed E-state index contributed by atoms with van der Waals surface area (Å²) in [5.74, 6) is 0. The van der Waals surface area contributed by atoms with Crippen molar-refractivity contribution in [2.75, 3.05) is 0 Å². The molecule has 5 heavy (non-hydrogen) atoms. The summed E-state index contributed by atoms with van der Waals surface area (Å²) in [6, 6.07) is 0. The van der Waals surface area contributed by atoms with E-state index in [0.29, 0.717) is 0 Å². The Hall–Kier alpha value is 1.35. The van der Waals surface area contributed by atoms with E-state index in [1.165, 1.54) is 0 Å². The van der Waals surface area contributed by atoms with E-state index in [2.05, 4.69) is 0 Å². The Morgan fingerprint density at radius 3 is 0.600 bits per heavy atom. The molecule has 0 aromatic carbocycles. The van der Waals surface area contributed by atoms with Crippen molar-refractivity contribution in [1.29, 1.82) is 0 Å². The van der Waals surface area contributed by atoms with E-state index in [1.54, 1.807) is 0 Å². The summed E-state index contributed by atoms with van der Waals surface area (Å²) in [6.45, 7) is 0. The van der Waals surface area contributed by atoms with Gasteiger partial charge in [-0.05, 0) is 0 Å². The zero-order valence-corrected chi connectivity index (χ0v) is 6.90. The topological polar surface area (TPSA) is 63.0 Å². The minimum Gasteiger partial charge on any atom is -1.00 e. The Kier molecular flexibility index (Phi) is 1110. The first-order valence-electron chi connectivity index (χ1n) is 0. The van der Waals surface area contributed by atoms with Gasteiger partial charge in [-0.3, -0.25) is 0 Å². The molecule has 32 valence electrons. The molecule has 0 heterocycles. The molecule has 2 nitrogen and oxygen atoms in total. The number of hydrogen-bond donors (Lipinski definition) is 0. The van der Waals surface area contributed by atoms with Gasteiger partial charge in [-0.1, -0.05) is 0 Å². The van der Waals surface area contributed by atoms with Gasteiger partial charge in [0.25, 0.3) is 0 Å². The summed E-state index contributed by atoms with van der Waals surface area (Å²) < 4.78 is 0. The summed E-state index contributed by atoms with van der Waals surface area (Å²) in [4.78, 5) is 0. The van der Waals surface area contributed by atoms with E-state index in [9.17, 15) is 0 Å². The first-order chi connectivity index (χ1) is 0. The molecule has 0 unspecified atom stereocenters. The molecule has 0 atom stereocenters. The fraction of sp³-hybridized carbons (Fsp3) is 0. The van der Waals surface area contributed by atoms with E-state index in [1.807, 2.05) is 0 Å². The third-order valence-electron chi connectivity index (χ3n) is 0. The van der Waals surface area contributed by atoms with Gasteiger partial charge in [0, 0.05) is 0 Å². The smallest absolute Gasteiger partial charge is 1.00 e. The quantitative estimate of drug-likeness (QED) is 0.357. The van der Waals surface area contributed by atoms with Crippen LogP contribution in [0.4, 0.5) is 0 Å². The molecule has 0 amide bonds. The molecule has 0 saturated heterocycles. The Labute approximate surface area is 68.4 Å². The zero-order chi connectivity index (χ0) is 0. The van der Waals surface area contributed by atoms with Gasteiger partial charge in [-0.25, -0.2) is 0 Å². The molecule has 0 aromatic heterocycles. The van der Waals surface area contributed by atoms with Crippen molar-refractivity contribution >= 4 is 48.9 Å². The van der Waals surface area contributed by atoms with Crippen molar-refractivity contribution in [2.24, 2.45) is 0 Å². The summed E-state index contributed by atoms with van der Waals surface area (Å²) in [6.07, 6.45) is 0. The summed E-state index contributed by atoms with van der Waals surface area (Å²) in [5, 5.41) is 0. The molecular formula is H4BaF2O2. The molecule has 0 aliphatic carbocycles. The van der Waals surface area contributed by atoms with Gasteiger partial charge in [0.05, 0.1) is 0 Å². The van der Waals surface area contributed by atoms with Gasteiger partial charge in [-0.15, -0.1) is 0 Å². The van der Waals surface area contributed by atoms with Crippen LogP contribution in [-0.4, -0.2) is 59.8 Å². The Morgan fingerprint density at radius 2 is 0.600 bits per heavy atom. The average molecular weight is 211 g/mol. The van der Waals surface area contributed by atoms with Gasteiger partial charge in [-0.2, -0.15) is 0 Å². The molecule has 0 saturated carbocycles. The largest absolute Gasteiger partial charge is 2.00 e. The molecule has 4 N–H and O–H groups in total. The summed E-state index contributed by atoms with van der Waals surface area (Å²) >= 11 is 0. The molecule has 0 fully saturated rings. The third kappa shape index (κ3) is 32.9. The van der Waals surface area contributed by atoms with Crippen LogP contribution in [-0.2, 0) is 0 Å². The second-order valence-corrected chi connectivity index (χ2v) is 0. The predicted octanol–water partition coefficient (Wildman–Crippen LogP) is -8.02. The Bertz CT molecular complexity index is 7.61. The molecule has 0 spiro atoms. The van der Waals surface area contributed by atoms with Crippen LogP contribution in [0.15, 0.2) is 0 Å². The SMILES string of the molecule is O.O.[Ba+2].[F-].[F-]. The van der Waals surface area contributed by atoms with Crippen molar-refractivity contribution in [3.05, 3.63) is 0 Å². The second kappa shape index (κ2) is 55.5. The van der Waals surface area contributed by atoms with Gasteiger partial charge in [0.2, 0.25) is 0 Å². The van der Waals surface area contributed by atoms with Crippen LogP contribution in [0.3, 0.4) is 0 Å². The minimum absolute atomic E-state index is 0. The van der Waals surface area contributed by atoms with E-state index < -0.39 is 0 Å². The number of halogens is 2. The minimum atomic E-state index is 0. The average Bonchev–Trinajstić information content (AvgIpc) is 0. The molecule has 0 aromatic rings. The maximum Gasteiger partial charge on any atom is 2.00 e. The molecule has 5 heteroatoms.